The van der Waals surface area contributed by atoms with Gasteiger partial charge in [0.1, 0.15) is 0 Å². The van der Waals surface area contributed by atoms with Crippen LogP contribution in [-0.2, 0) is 12.2 Å². The molecule has 0 saturated heterocycles. The second-order valence-electron chi connectivity index (χ2n) is 4.84. The summed E-state index contributed by atoms with van der Waals surface area (Å²) in [6, 6.07) is 8.70. The zero-order chi connectivity index (χ0) is 15.1. The van der Waals surface area contributed by atoms with Crippen LogP contribution in [0.2, 0.25) is 0 Å². The van der Waals surface area contributed by atoms with E-state index in [1.165, 1.54) is 4.90 Å². The van der Waals surface area contributed by atoms with E-state index in [2.05, 4.69) is 57.4 Å². The van der Waals surface area contributed by atoms with E-state index in [-0.39, 0.29) is 0 Å². The summed E-state index contributed by atoms with van der Waals surface area (Å²) < 4.78 is 6.38. The first kappa shape index (κ1) is 16.5. The molecule has 0 fully saturated rings. The second kappa shape index (κ2) is 8.56. The van der Waals surface area contributed by atoms with Gasteiger partial charge in [-0.25, -0.2) is 0 Å². The Morgan fingerprint density at radius 2 is 2.10 bits per heavy atom. The van der Waals surface area contributed by atoms with Gasteiger partial charge in [-0.2, -0.15) is 4.98 Å². The van der Waals surface area contributed by atoms with Crippen molar-refractivity contribution in [2.24, 2.45) is 0 Å². The maximum Gasteiger partial charge on any atom is 0.226 e. The summed E-state index contributed by atoms with van der Waals surface area (Å²) in [6.45, 7) is 5.27. The van der Waals surface area contributed by atoms with Crippen LogP contribution < -0.4 is 5.32 Å². The Labute approximate surface area is 138 Å². The number of hydrogen-bond acceptors (Lipinski definition) is 5. The van der Waals surface area contributed by atoms with Gasteiger partial charge in [0, 0.05) is 21.8 Å². The molecule has 1 unspecified atom stereocenters. The molecule has 21 heavy (non-hydrogen) atoms. The molecule has 1 aromatic carbocycles. The molecule has 1 aromatic heterocycles. The zero-order valence-electron chi connectivity index (χ0n) is 12.3. The van der Waals surface area contributed by atoms with Crippen molar-refractivity contribution in [2.45, 2.75) is 43.4 Å². The Balaban J connectivity index is 1.78. The molecule has 2 aromatic rings. The lowest BCUT2D eigenvalue weighted by molar-refractivity contribution is 0.364. The molecule has 0 aliphatic heterocycles. The van der Waals surface area contributed by atoms with E-state index in [4.69, 9.17) is 4.52 Å². The maximum absolute atomic E-state index is 5.29. The normalized spacial score (nSPS) is 12.5. The molecule has 1 atom stereocenters. The van der Waals surface area contributed by atoms with E-state index in [1.54, 1.807) is 11.8 Å². The van der Waals surface area contributed by atoms with Crippen LogP contribution in [0.15, 0.2) is 38.2 Å². The highest BCUT2D eigenvalue weighted by atomic mass is 79.9. The first-order valence-corrected chi connectivity index (χ1v) is 8.88. The number of nitrogens with one attached hydrogen (secondary N) is 1. The van der Waals surface area contributed by atoms with Crippen LogP contribution in [0.5, 0.6) is 0 Å². The quantitative estimate of drug-likeness (QED) is 0.711. The number of benzene rings is 1. The van der Waals surface area contributed by atoms with Crippen LogP contribution in [0, 0.1) is 0 Å². The Bertz CT molecular complexity index is 544. The minimum atomic E-state index is 0.475. The van der Waals surface area contributed by atoms with E-state index in [9.17, 15) is 0 Å². The summed E-state index contributed by atoms with van der Waals surface area (Å²) in [5.74, 6) is 2.22. The summed E-state index contributed by atoms with van der Waals surface area (Å²) >= 11 is 5.14. The summed E-state index contributed by atoms with van der Waals surface area (Å²) in [5, 5.41) is 7.41. The highest BCUT2D eigenvalue weighted by molar-refractivity contribution is 9.10. The molecule has 0 radical (unpaired) electrons. The Kier molecular flexibility index (Phi) is 6.73. The van der Waals surface area contributed by atoms with Gasteiger partial charge < -0.3 is 9.84 Å². The van der Waals surface area contributed by atoms with Gasteiger partial charge >= 0.3 is 0 Å². The molecule has 4 nitrogen and oxygen atoms in total. The topological polar surface area (TPSA) is 51.0 Å². The number of aryl methyl sites for hydroxylation is 1. The first-order chi connectivity index (χ1) is 10.2. The predicted octanol–water partition coefficient (Wildman–Crippen LogP) is 4.06. The highest BCUT2D eigenvalue weighted by Gasteiger charge is 2.09. The molecule has 0 saturated carbocycles. The minimum absolute atomic E-state index is 0.475. The number of rotatable bonds is 8. The van der Waals surface area contributed by atoms with E-state index < -0.39 is 0 Å². The van der Waals surface area contributed by atoms with Crippen molar-refractivity contribution in [2.75, 3.05) is 6.54 Å². The molecule has 0 bridgehead atoms. The smallest absolute Gasteiger partial charge is 0.226 e. The molecule has 6 heteroatoms. The fourth-order valence-corrected chi connectivity index (χ4v) is 2.93. The summed E-state index contributed by atoms with van der Waals surface area (Å²) in [5.41, 5.74) is 0. The standard InChI is InChI=1S/C15H20BrN3OS/c1-3-17-11(2)4-9-15-18-14(19-20-15)10-21-13-7-5-12(16)6-8-13/h5-8,11,17H,3-4,9-10H2,1-2H3. The Morgan fingerprint density at radius 1 is 1.33 bits per heavy atom. The van der Waals surface area contributed by atoms with Crippen molar-refractivity contribution >= 4 is 27.7 Å². The molecule has 0 spiro atoms. The van der Waals surface area contributed by atoms with Crippen LogP contribution >= 0.6 is 27.7 Å². The molecule has 2 rings (SSSR count). The molecular formula is C15H20BrN3OS. The minimum Gasteiger partial charge on any atom is -0.339 e. The molecular weight excluding hydrogens is 350 g/mol. The number of hydrogen-bond donors (Lipinski definition) is 1. The fourth-order valence-electron chi connectivity index (χ4n) is 1.92. The van der Waals surface area contributed by atoms with Gasteiger partial charge in [-0.05, 0) is 44.2 Å². The first-order valence-electron chi connectivity index (χ1n) is 7.10. The van der Waals surface area contributed by atoms with Crippen LogP contribution in [0.3, 0.4) is 0 Å². The lowest BCUT2D eigenvalue weighted by Gasteiger charge is -2.09. The lowest BCUT2D eigenvalue weighted by Crippen LogP contribution is -2.25. The van der Waals surface area contributed by atoms with E-state index in [1.807, 2.05) is 12.1 Å². The molecule has 0 amide bonds. The number of aromatic nitrogens is 2. The van der Waals surface area contributed by atoms with Gasteiger partial charge in [-0.3, -0.25) is 0 Å². The van der Waals surface area contributed by atoms with Crippen LogP contribution in [0.4, 0.5) is 0 Å². The lowest BCUT2D eigenvalue weighted by atomic mass is 10.2. The van der Waals surface area contributed by atoms with E-state index in [0.29, 0.717) is 6.04 Å². The third-order valence-corrected chi connectivity index (χ3v) is 4.57. The van der Waals surface area contributed by atoms with Gasteiger partial charge in [0.25, 0.3) is 0 Å². The monoisotopic (exact) mass is 369 g/mol. The van der Waals surface area contributed by atoms with Crippen molar-refractivity contribution in [1.82, 2.24) is 15.5 Å². The van der Waals surface area contributed by atoms with Gasteiger partial charge in [-0.15, -0.1) is 11.8 Å². The predicted molar refractivity (Wildman–Crippen MR) is 89.5 cm³/mol. The SMILES string of the molecule is CCNC(C)CCc1nc(CSc2ccc(Br)cc2)no1. The number of halogens is 1. The summed E-state index contributed by atoms with van der Waals surface area (Å²) in [7, 11) is 0. The van der Waals surface area contributed by atoms with Crippen molar-refractivity contribution in [3.8, 4) is 0 Å². The largest absolute Gasteiger partial charge is 0.339 e. The van der Waals surface area contributed by atoms with E-state index >= 15 is 0 Å². The zero-order valence-corrected chi connectivity index (χ0v) is 14.7. The van der Waals surface area contributed by atoms with Crippen molar-refractivity contribution in [1.29, 1.82) is 0 Å². The van der Waals surface area contributed by atoms with Gasteiger partial charge in [0.2, 0.25) is 5.89 Å². The Hall–Kier alpha value is -0.850. The molecule has 114 valence electrons. The molecule has 0 aliphatic rings. The molecule has 0 aliphatic carbocycles. The summed E-state index contributed by atoms with van der Waals surface area (Å²) in [4.78, 5) is 5.64. The van der Waals surface area contributed by atoms with E-state index in [0.717, 1.165) is 41.3 Å². The third kappa shape index (κ3) is 5.80. The van der Waals surface area contributed by atoms with Crippen LogP contribution in [-0.4, -0.2) is 22.7 Å². The van der Waals surface area contributed by atoms with Crippen molar-refractivity contribution in [3.63, 3.8) is 0 Å². The van der Waals surface area contributed by atoms with Crippen LogP contribution in [0.1, 0.15) is 32.0 Å². The summed E-state index contributed by atoms with van der Waals surface area (Å²) in [6.07, 6.45) is 1.83. The maximum atomic E-state index is 5.29. The number of nitrogens with zero attached hydrogens (tertiary/aromatic N) is 2. The number of thioether (sulfide) groups is 1. The molecule has 1 heterocycles. The van der Waals surface area contributed by atoms with Crippen molar-refractivity contribution < 1.29 is 4.52 Å². The molecule has 1 N–H and O–H groups in total. The average molecular weight is 370 g/mol. The third-order valence-electron chi connectivity index (χ3n) is 3.04. The van der Waals surface area contributed by atoms with Gasteiger partial charge in [0.15, 0.2) is 5.82 Å². The van der Waals surface area contributed by atoms with Crippen molar-refractivity contribution in [3.05, 3.63) is 40.5 Å². The Morgan fingerprint density at radius 3 is 2.81 bits per heavy atom. The van der Waals surface area contributed by atoms with Crippen LogP contribution in [0.25, 0.3) is 0 Å². The highest BCUT2D eigenvalue weighted by Crippen LogP contribution is 2.23. The average Bonchev–Trinajstić information content (AvgIpc) is 2.93. The fraction of sp³-hybridized carbons (Fsp3) is 0.467. The second-order valence-corrected chi connectivity index (χ2v) is 6.81. The van der Waals surface area contributed by atoms with Gasteiger partial charge in [0.05, 0.1) is 5.75 Å². The van der Waals surface area contributed by atoms with Gasteiger partial charge in [-0.1, -0.05) is 28.0 Å².